The van der Waals surface area contributed by atoms with Gasteiger partial charge >= 0.3 is 0 Å². The van der Waals surface area contributed by atoms with E-state index in [4.69, 9.17) is 0 Å². The van der Waals surface area contributed by atoms with Crippen molar-refractivity contribution < 1.29 is 13.2 Å². The fourth-order valence-corrected chi connectivity index (χ4v) is 4.81. The largest absolute Gasteiger partial charge is 0.355 e. The fourth-order valence-electron chi connectivity index (χ4n) is 4.16. The number of aromatic amines is 1. The molecule has 0 aliphatic rings. The number of hydrogen-bond donors (Lipinski definition) is 3. The lowest BCUT2D eigenvalue weighted by Crippen LogP contribution is -2.23. The molecule has 0 atom stereocenters. The van der Waals surface area contributed by atoms with Crippen LogP contribution in [0.2, 0.25) is 0 Å². The monoisotopic (exact) mass is 492 g/mol. The molecule has 2 aromatic heterocycles. The second-order valence-electron chi connectivity index (χ2n) is 8.66. The molecule has 0 saturated heterocycles. The average Bonchev–Trinajstić information content (AvgIpc) is 3.24. The number of carbonyl (C=O) groups excluding carboxylic acids is 1. The maximum Gasteiger partial charge on any atom is 0.274 e. The van der Waals surface area contributed by atoms with E-state index in [1.165, 1.54) is 4.57 Å². The number of carbonyl (C=O) groups is 1. The van der Waals surface area contributed by atoms with Crippen LogP contribution in [0.5, 0.6) is 0 Å². The van der Waals surface area contributed by atoms with Gasteiger partial charge in [0.15, 0.2) is 9.84 Å². The lowest BCUT2D eigenvalue weighted by molar-refractivity contribution is 0.0951. The number of nitrogens with one attached hydrogen (secondary N) is 3. The number of para-hydroxylation sites is 1. The van der Waals surface area contributed by atoms with Gasteiger partial charge < -0.3 is 20.2 Å². The second-order valence-corrected chi connectivity index (χ2v) is 10.7. The van der Waals surface area contributed by atoms with Gasteiger partial charge in [-0.05, 0) is 56.2 Å². The summed E-state index contributed by atoms with van der Waals surface area (Å²) in [4.78, 5) is 28.5. The van der Waals surface area contributed by atoms with Crippen LogP contribution in [-0.4, -0.2) is 36.7 Å². The molecule has 2 heterocycles. The summed E-state index contributed by atoms with van der Waals surface area (Å²) in [6.45, 7) is 6.25. The third-order valence-electron chi connectivity index (χ3n) is 6.00. The smallest absolute Gasteiger partial charge is 0.274 e. The molecule has 0 aliphatic carbocycles. The Morgan fingerprint density at radius 2 is 1.74 bits per heavy atom. The third-order valence-corrected chi connectivity index (χ3v) is 7.11. The van der Waals surface area contributed by atoms with Crippen molar-refractivity contribution >= 4 is 38.0 Å². The molecule has 1 amide bonds. The van der Waals surface area contributed by atoms with Crippen molar-refractivity contribution in [2.24, 2.45) is 7.05 Å². The number of sulfone groups is 1. The summed E-state index contributed by atoms with van der Waals surface area (Å²) in [5.41, 5.74) is 5.12. The molecule has 35 heavy (non-hydrogen) atoms. The number of benzene rings is 2. The molecule has 9 heteroatoms. The highest BCUT2D eigenvalue weighted by Gasteiger charge is 2.20. The van der Waals surface area contributed by atoms with Crippen LogP contribution in [0, 0.1) is 13.8 Å². The highest BCUT2D eigenvalue weighted by molar-refractivity contribution is 7.90. The summed E-state index contributed by atoms with van der Waals surface area (Å²) < 4.78 is 26.2. The predicted molar refractivity (Wildman–Crippen MR) is 139 cm³/mol. The topological polar surface area (TPSA) is 113 Å². The number of aromatic nitrogens is 2. The summed E-state index contributed by atoms with van der Waals surface area (Å²) in [6, 6.07) is 12.5. The maximum absolute atomic E-state index is 12.9. The van der Waals surface area contributed by atoms with Gasteiger partial charge in [-0.15, -0.1) is 0 Å². The van der Waals surface area contributed by atoms with Crippen LogP contribution < -0.4 is 16.2 Å². The number of fused-ring (bicyclic) bond motifs is 1. The molecular weight excluding hydrogens is 464 g/mol. The normalized spacial score (nSPS) is 11.6. The molecule has 0 radical (unpaired) electrons. The minimum Gasteiger partial charge on any atom is -0.355 e. The summed E-state index contributed by atoms with van der Waals surface area (Å²) in [5.74, 6) is -0.324. The quantitative estimate of drug-likeness (QED) is 0.376. The number of pyridine rings is 1. The van der Waals surface area contributed by atoms with Crippen molar-refractivity contribution in [3.8, 4) is 11.1 Å². The zero-order chi connectivity index (χ0) is 25.5. The predicted octanol–water partition coefficient (Wildman–Crippen LogP) is 4.05. The van der Waals surface area contributed by atoms with E-state index in [1.54, 1.807) is 37.5 Å². The third kappa shape index (κ3) is 4.59. The zero-order valence-electron chi connectivity index (χ0n) is 20.3. The van der Waals surface area contributed by atoms with Gasteiger partial charge in [-0.1, -0.05) is 18.2 Å². The molecule has 0 spiro atoms. The van der Waals surface area contributed by atoms with E-state index in [0.29, 0.717) is 28.7 Å². The molecule has 4 aromatic rings. The number of nitrogens with zero attached hydrogens (tertiary/aromatic N) is 1. The molecule has 8 nitrogen and oxygen atoms in total. The average molecular weight is 493 g/mol. The summed E-state index contributed by atoms with van der Waals surface area (Å²) >= 11 is 0. The number of anilines is 2. The van der Waals surface area contributed by atoms with Gasteiger partial charge in [-0.2, -0.15) is 0 Å². The SMILES string of the molecule is CCNC(=O)c1cc2c(-c3cc(S(C)(=O)=O)ccc3Nc3c(C)cccc3C)cn(C)c(=O)c2[nH]1. The van der Waals surface area contributed by atoms with Crippen molar-refractivity contribution in [1.29, 1.82) is 0 Å². The van der Waals surface area contributed by atoms with Crippen LogP contribution in [0.3, 0.4) is 0 Å². The van der Waals surface area contributed by atoms with Gasteiger partial charge in [0, 0.05) is 53.9 Å². The summed E-state index contributed by atoms with van der Waals surface area (Å²) in [5, 5.41) is 6.73. The number of amides is 1. The van der Waals surface area contributed by atoms with E-state index in [-0.39, 0.29) is 27.6 Å². The molecule has 4 rings (SSSR count). The Morgan fingerprint density at radius 1 is 1.06 bits per heavy atom. The van der Waals surface area contributed by atoms with Crippen molar-refractivity contribution in [1.82, 2.24) is 14.9 Å². The fraction of sp³-hybridized carbons (Fsp3) is 0.231. The molecule has 2 aromatic carbocycles. The van der Waals surface area contributed by atoms with Gasteiger partial charge in [-0.25, -0.2) is 8.42 Å². The number of rotatable bonds is 6. The lowest BCUT2D eigenvalue weighted by atomic mass is 10.0. The number of aryl methyl sites for hydroxylation is 3. The first-order valence-electron chi connectivity index (χ1n) is 11.2. The molecule has 0 fully saturated rings. The van der Waals surface area contributed by atoms with Gasteiger partial charge in [0.2, 0.25) is 0 Å². The minimum absolute atomic E-state index is 0.154. The van der Waals surface area contributed by atoms with Crippen LogP contribution in [0.15, 0.2) is 58.4 Å². The Hall–Kier alpha value is -3.85. The molecule has 182 valence electrons. The molecule has 0 bridgehead atoms. The first kappa shape index (κ1) is 24.3. The zero-order valence-corrected chi connectivity index (χ0v) is 21.1. The van der Waals surface area contributed by atoms with Crippen molar-refractivity contribution in [3.63, 3.8) is 0 Å². The van der Waals surface area contributed by atoms with E-state index in [9.17, 15) is 18.0 Å². The lowest BCUT2D eigenvalue weighted by Gasteiger charge is -2.18. The standard InChI is InChI=1S/C26H28N4O4S/c1-6-27-25(31)22-13-19-20(14-30(4)26(32)24(19)29-22)18-12-17(35(5,33)34)10-11-21(18)28-23-15(2)8-7-9-16(23)3/h7-14,28-29H,6H2,1-5H3,(H,27,31). The van der Waals surface area contributed by atoms with Crippen LogP contribution in [-0.2, 0) is 16.9 Å². The van der Waals surface area contributed by atoms with E-state index >= 15 is 0 Å². The Kier molecular flexibility index (Phi) is 6.29. The van der Waals surface area contributed by atoms with Crippen molar-refractivity contribution in [2.45, 2.75) is 25.7 Å². The summed E-state index contributed by atoms with van der Waals surface area (Å²) in [7, 11) is -1.87. The Bertz CT molecular complexity index is 1610. The van der Waals surface area contributed by atoms with E-state index in [0.717, 1.165) is 23.1 Å². The van der Waals surface area contributed by atoms with Gasteiger partial charge in [0.05, 0.1) is 4.90 Å². The maximum atomic E-state index is 12.9. The number of H-pyrrole nitrogens is 1. The summed E-state index contributed by atoms with van der Waals surface area (Å²) in [6.07, 6.45) is 2.82. The Morgan fingerprint density at radius 3 is 2.37 bits per heavy atom. The molecular formula is C26H28N4O4S. The number of hydrogen-bond acceptors (Lipinski definition) is 5. The highest BCUT2D eigenvalue weighted by Crippen LogP contribution is 2.37. The minimum atomic E-state index is -3.49. The first-order chi connectivity index (χ1) is 16.5. The molecule has 3 N–H and O–H groups in total. The van der Waals surface area contributed by atoms with Gasteiger partial charge in [0.1, 0.15) is 11.2 Å². The van der Waals surface area contributed by atoms with Crippen molar-refractivity contribution in [3.05, 3.63) is 75.8 Å². The van der Waals surface area contributed by atoms with E-state index in [2.05, 4.69) is 15.6 Å². The van der Waals surface area contributed by atoms with Crippen LogP contribution in [0.25, 0.3) is 22.0 Å². The van der Waals surface area contributed by atoms with Gasteiger partial charge in [0.25, 0.3) is 11.5 Å². The Labute approximate surface area is 203 Å². The molecule has 0 saturated carbocycles. The van der Waals surface area contributed by atoms with Crippen molar-refractivity contribution in [2.75, 3.05) is 18.1 Å². The van der Waals surface area contributed by atoms with Crippen LogP contribution in [0.1, 0.15) is 28.5 Å². The Balaban J connectivity index is 2.02. The van der Waals surface area contributed by atoms with Gasteiger partial charge in [-0.3, -0.25) is 9.59 Å². The first-order valence-corrected chi connectivity index (χ1v) is 13.1. The van der Waals surface area contributed by atoms with Crippen LogP contribution in [0.4, 0.5) is 11.4 Å². The van der Waals surface area contributed by atoms with E-state index < -0.39 is 9.84 Å². The highest BCUT2D eigenvalue weighted by atomic mass is 32.2. The van der Waals surface area contributed by atoms with E-state index in [1.807, 2.05) is 39.0 Å². The molecule has 0 aliphatic heterocycles. The molecule has 0 unspecified atom stereocenters. The second kappa shape index (κ2) is 9.07. The van der Waals surface area contributed by atoms with Crippen LogP contribution >= 0.6 is 0 Å².